The molecule has 0 bridgehead atoms. The topological polar surface area (TPSA) is 41.5 Å². The molecule has 3 heteroatoms. The van der Waals surface area contributed by atoms with Gasteiger partial charge in [-0.2, -0.15) is 0 Å². The van der Waals surface area contributed by atoms with Crippen molar-refractivity contribution in [2.45, 2.75) is 51.7 Å². The van der Waals surface area contributed by atoms with E-state index >= 15 is 0 Å². The summed E-state index contributed by atoms with van der Waals surface area (Å²) in [6, 6.07) is 0.518. The first-order valence-corrected chi connectivity index (χ1v) is 5.50. The normalized spacial score (nSPS) is 15.9. The second-order valence-corrected chi connectivity index (χ2v) is 4.13. The molecule has 0 aliphatic carbocycles. The number of nitrogens with one attached hydrogen (secondary N) is 1. The van der Waals surface area contributed by atoms with Gasteiger partial charge in [-0.3, -0.25) is 0 Å². The quantitative estimate of drug-likeness (QED) is 0.629. The van der Waals surface area contributed by atoms with Crippen molar-refractivity contribution in [2.75, 3.05) is 20.3 Å². The molecule has 1 unspecified atom stereocenters. The number of hydrogen-bond acceptors (Lipinski definition) is 3. The smallest absolute Gasteiger partial charge is 0.0765 e. The van der Waals surface area contributed by atoms with Crippen molar-refractivity contribution in [3.8, 4) is 0 Å². The Morgan fingerprint density at radius 1 is 1.36 bits per heavy atom. The summed E-state index contributed by atoms with van der Waals surface area (Å²) in [6.07, 6.45) is 2.89. The molecule has 1 atom stereocenters. The summed E-state index contributed by atoms with van der Waals surface area (Å²) < 4.78 is 4.95. The maximum atomic E-state index is 9.94. The van der Waals surface area contributed by atoms with Crippen molar-refractivity contribution >= 4 is 0 Å². The highest BCUT2D eigenvalue weighted by atomic mass is 16.5. The predicted octanol–water partition coefficient (Wildman–Crippen LogP) is 1.55. The van der Waals surface area contributed by atoms with Gasteiger partial charge in [0.05, 0.1) is 5.60 Å². The largest absolute Gasteiger partial charge is 0.389 e. The molecule has 0 saturated carbocycles. The van der Waals surface area contributed by atoms with Gasteiger partial charge >= 0.3 is 0 Å². The van der Waals surface area contributed by atoms with E-state index < -0.39 is 5.60 Å². The molecule has 2 N–H and O–H groups in total. The first-order valence-electron chi connectivity index (χ1n) is 5.50. The van der Waals surface area contributed by atoms with Gasteiger partial charge in [0.1, 0.15) is 0 Å². The molecular formula is C11H25NO2. The van der Waals surface area contributed by atoms with Crippen LogP contribution in [0.15, 0.2) is 0 Å². The number of aliphatic hydroxyl groups is 1. The van der Waals surface area contributed by atoms with Crippen LogP contribution >= 0.6 is 0 Å². The van der Waals surface area contributed by atoms with Crippen molar-refractivity contribution in [1.82, 2.24) is 5.32 Å². The Kier molecular flexibility index (Phi) is 7.15. The van der Waals surface area contributed by atoms with Crippen molar-refractivity contribution in [1.29, 1.82) is 0 Å². The molecular weight excluding hydrogens is 178 g/mol. The Morgan fingerprint density at radius 3 is 2.36 bits per heavy atom. The molecule has 0 aliphatic rings. The second kappa shape index (κ2) is 7.21. The average Bonchev–Trinajstić information content (AvgIpc) is 2.16. The molecule has 0 amide bonds. The molecule has 86 valence electrons. The standard InChI is InChI=1S/C11H25NO2/c1-5-10(6-2)12-9-11(3,13)7-8-14-4/h10,12-13H,5-9H2,1-4H3. The fourth-order valence-electron chi connectivity index (χ4n) is 1.35. The van der Waals surface area contributed by atoms with Gasteiger partial charge in [0, 0.05) is 32.7 Å². The Labute approximate surface area is 87.8 Å². The number of rotatable bonds is 8. The van der Waals surface area contributed by atoms with E-state index in [1.54, 1.807) is 7.11 Å². The van der Waals surface area contributed by atoms with Gasteiger partial charge in [-0.05, 0) is 19.8 Å². The Balaban J connectivity index is 3.72. The lowest BCUT2D eigenvalue weighted by atomic mass is 10.0. The van der Waals surface area contributed by atoms with Gasteiger partial charge in [-0.1, -0.05) is 13.8 Å². The summed E-state index contributed by atoms with van der Waals surface area (Å²) in [4.78, 5) is 0. The second-order valence-electron chi connectivity index (χ2n) is 4.13. The summed E-state index contributed by atoms with van der Waals surface area (Å²) in [6.45, 7) is 7.41. The SMILES string of the molecule is CCC(CC)NCC(C)(O)CCOC. The van der Waals surface area contributed by atoms with E-state index in [2.05, 4.69) is 19.2 Å². The van der Waals surface area contributed by atoms with Crippen LogP contribution in [-0.2, 0) is 4.74 Å². The predicted molar refractivity (Wildman–Crippen MR) is 59.5 cm³/mol. The van der Waals surface area contributed by atoms with E-state index in [-0.39, 0.29) is 0 Å². The van der Waals surface area contributed by atoms with Crippen LogP contribution in [0, 0.1) is 0 Å². The van der Waals surface area contributed by atoms with E-state index in [4.69, 9.17) is 4.74 Å². The van der Waals surface area contributed by atoms with Crippen LogP contribution in [0.4, 0.5) is 0 Å². The molecule has 0 aliphatic heterocycles. The molecule has 3 nitrogen and oxygen atoms in total. The summed E-state index contributed by atoms with van der Waals surface area (Å²) in [7, 11) is 1.66. The maximum absolute atomic E-state index is 9.94. The molecule has 0 fully saturated rings. The third-order valence-corrected chi connectivity index (χ3v) is 2.60. The summed E-state index contributed by atoms with van der Waals surface area (Å²) in [5.41, 5.74) is -0.654. The first-order chi connectivity index (χ1) is 6.55. The summed E-state index contributed by atoms with van der Waals surface area (Å²) >= 11 is 0. The van der Waals surface area contributed by atoms with Crippen LogP contribution in [-0.4, -0.2) is 37.0 Å². The number of hydrogen-bond donors (Lipinski definition) is 2. The van der Waals surface area contributed by atoms with E-state index in [1.807, 2.05) is 6.92 Å². The lowest BCUT2D eigenvalue weighted by Gasteiger charge is -2.26. The fourth-order valence-corrected chi connectivity index (χ4v) is 1.35. The molecule has 0 heterocycles. The summed E-state index contributed by atoms with van der Waals surface area (Å²) in [5, 5.41) is 13.3. The van der Waals surface area contributed by atoms with Gasteiger partial charge in [-0.15, -0.1) is 0 Å². The highest BCUT2D eigenvalue weighted by Crippen LogP contribution is 2.08. The summed E-state index contributed by atoms with van der Waals surface area (Å²) in [5.74, 6) is 0. The van der Waals surface area contributed by atoms with Gasteiger partial charge in [0.2, 0.25) is 0 Å². The van der Waals surface area contributed by atoms with Gasteiger partial charge < -0.3 is 15.2 Å². The van der Waals surface area contributed by atoms with Crippen LogP contribution in [0.3, 0.4) is 0 Å². The van der Waals surface area contributed by atoms with Crippen molar-refractivity contribution < 1.29 is 9.84 Å². The molecule has 0 aromatic rings. The third kappa shape index (κ3) is 6.35. The van der Waals surface area contributed by atoms with Crippen LogP contribution in [0.2, 0.25) is 0 Å². The molecule has 0 aromatic heterocycles. The van der Waals surface area contributed by atoms with Crippen molar-refractivity contribution in [2.24, 2.45) is 0 Å². The zero-order chi connectivity index (χ0) is 11.0. The Bertz CT molecular complexity index is 133. The molecule has 0 aromatic carbocycles. The molecule has 0 spiro atoms. The Morgan fingerprint density at radius 2 is 1.93 bits per heavy atom. The monoisotopic (exact) mass is 203 g/mol. The Hall–Kier alpha value is -0.120. The molecule has 14 heavy (non-hydrogen) atoms. The zero-order valence-electron chi connectivity index (χ0n) is 9.97. The lowest BCUT2D eigenvalue weighted by molar-refractivity contribution is 0.0225. The average molecular weight is 203 g/mol. The minimum Gasteiger partial charge on any atom is -0.389 e. The van der Waals surface area contributed by atoms with Gasteiger partial charge in [0.25, 0.3) is 0 Å². The van der Waals surface area contributed by atoms with E-state index in [0.29, 0.717) is 25.6 Å². The molecule has 0 saturated heterocycles. The number of ether oxygens (including phenoxy) is 1. The highest BCUT2D eigenvalue weighted by Gasteiger charge is 2.20. The molecule has 0 rings (SSSR count). The van der Waals surface area contributed by atoms with Crippen molar-refractivity contribution in [3.63, 3.8) is 0 Å². The number of methoxy groups -OCH3 is 1. The maximum Gasteiger partial charge on any atom is 0.0765 e. The van der Waals surface area contributed by atoms with E-state index in [9.17, 15) is 5.11 Å². The first kappa shape index (κ1) is 13.9. The van der Waals surface area contributed by atoms with Crippen LogP contribution < -0.4 is 5.32 Å². The lowest BCUT2D eigenvalue weighted by Crippen LogP contribution is -2.42. The minimum atomic E-state index is -0.654. The van der Waals surface area contributed by atoms with Crippen LogP contribution in [0.1, 0.15) is 40.0 Å². The highest BCUT2D eigenvalue weighted by molar-refractivity contribution is 4.77. The van der Waals surface area contributed by atoms with Crippen LogP contribution in [0.5, 0.6) is 0 Å². The molecule has 0 radical (unpaired) electrons. The minimum absolute atomic E-state index is 0.518. The third-order valence-electron chi connectivity index (χ3n) is 2.60. The van der Waals surface area contributed by atoms with E-state index in [1.165, 1.54) is 0 Å². The zero-order valence-corrected chi connectivity index (χ0v) is 9.97. The van der Waals surface area contributed by atoms with E-state index in [0.717, 1.165) is 12.8 Å². The van der Waals surface area contributed by atoms with Crippen LogP contribution in [0.25, 0.3) is 0 Å². The fraction of sp³-hybridized carbons (Fsp3) is 1.00. The van der Waals surface area contributed by atoms with Crippen molar-refractivity contribution in [3.05, 3.63) is 0 Å². The van der Waals surface area contributed by atoms with Gasteiger partial charge in [0.15, 0.2) is 0 Å². The van der Waals surface area contributed by atoms with Gasteiger partial charge in [-0.25, -0.2) is 0 Å².